The molecule has 2 aromatic heterocycles. The van der Waals surface area contributed by atoms with Gasteiger partial charge < -0.3 is 9.52 Å². The van der Waals surface area contributed by atoms with E-state index in [0.29, 0.717) is 11.3 Å². The maximum Gasteiger partial charge on any atom is 0.371 e. The predicted octanol–water partition coefficient (Wildman–Crippen LogP) is 2.24. The van der Waals surface area contributed by atoms with Crippen molar-refractivity contribution in [2.45, 2.75) is 11.8 Å². The molecule has 2 heterocycles. The summed E-state index contributed by atoms with van der Waals surface area (Å²) >= 11 is 2.89. The van der Waals surface area contributed by atoms with E-state index < -0.39 is 21.8 Å². The maximum absolute atomic E-state index is 12.2. The number of nitrogens with zero attached hydrogens (tertiary/aromatic N) is 1. The fourth-order valence-corrected chi connectivity index (χ4v) is 3.50. The summed E-state index contributed by atoms with van der Waals surface area (Å²) in [6, 6.07) is 2.43. The standard InChI is InChI=1S/C11H9BrN2O5S/c1-6-5-13-3-2-7(6)14-20(17,18)9-4-8(11(15)16)19-10(9)12/h2-5H,1H3,(H,13,14)(H,15,16). The Morgan fingerprint density at radius 2 is 2.20 bits per heavy atom. The third kappa shape index (κ3) is 2.83. The monoisotopic (exact) mass is 360 g/mol. The number of furan rings is 1. The van der Waals surface area contributed by atoms with Crippen LogP contribution in [0.15, 0.2) is 38.5 Å². The number of halogens is 1. The molecule has 0 aliphatic carbocycles. The van der Waals surface area contributed by atoms with Gasteiger partial charge in [-0.1, -0.05) is 0 Å². The number of aromatic nitrogens is 1. The van der Waals surface area contributed by atoms with E-state index in [0.717, 1.165) is 6.07 Å². The van der Waals surface area contributed by atoms with Crippen molar-refractivity contribution >= 4 is 37.6 Å². The van der Waals surface area contributed by atoms with Crippen LogP contribution in [0.25, 0.3) is 0 Å². The van der Waals surface area contributed by atoms with Crippen molar-refractivity contribution in [1.29, 1.82) is 0 Å². The third-order valence-electron chi connectivity index (χ3n) is 2.42. The van der Waals surface area contributed by atoms with Crippen LogP contribution in [0.5, 0.6) is 0 Å². The van der Waals surface area contributed by atoms with E-state index in [2.05, 4.69) is 25.6 Å². The zero-order valence-corrected chi connectivity index (χ0v) is 12.5. The SMILES string of the molecule is Cc1cnccc1NS(=O)(=O)c1cc(C(=O)O)oc1Br. The molecule has 0 atom stereocenters. The van der Waals surface area contributed by atoms with Crippen molar-refractivity contribution in [3.63, 3.8) is 0 Å². The lowest BCUT2D eigenvalue weighted by Crippen LogP contribution is -2.13. The number of sulfonamides is 1. The number of carbonyl (C=O) groups is 1. The third-order valence-corrected chi connectivity index (χ3v) is 4.64. The summed E-state index contributed by atoms with van der Waals surface area (Å²) in [5.41, 5.74) is 0.985. The first kappa shape index (κ1) is 14.5. The highest BCUT2D eigenvalue weighted by Gasteiger charge is 2.25. The van der Waals surface area contributed by atoms with E-state index >= 15 is 0 Å². The fraction of sp³-hybridized carbons (Fsp3) is 0.0909. The Bertz CT molecular complexity index is 769. The smallest absolute Gasteiger partial charge is 0.371 e. The zero-order chi connectivity index (χ0) is 14.9. The number of hydrogen-bond acceptors (Lipinski definition) is 5. The molecule has 0 bridgehead atoms. The number of carboxylic acids is 1. The Kier molecular flexibility index (Phi) is 3.82. The van der Waals surface area contributed by atoms with Gasteiger partial charge in [-0.2, -0.15) is 0 Å². The summed E-state index contributed by atoms with van der Waals surface area (Å²) in [5, 5.41) is 8.78. The number of aryl methyl sites for hydroxylation is 1. The van der Waals surface area contributed by atoms with Crippen molar-refractivity contribution in [1.82, 2.24) is 4.98 Å². The normalized spacial score (nSPS) is 11.3. The molecule has 0 radical (unpaired) electrons. The largest absolute Gasteiger partial charge is 0.475 e. The molecule has 20 heavy (non-hydrogen) atoms. The molecule has 0 aromatic carbocycles. The lowest BCUT2D eigenvalue weighted by molar-refractivity contribution is 0.0661. The minimum atomic E-state index is -3.96. The van der Waals surface area contributed by atoms with Crippen molar-refractivity contribution in [3.8, 4) is 0 Å². The van der Waals surface area contributed by atoms with Crippen LogP contribution in [0.2, 0.25) is 0 Å². The molecule has 0 spiro atoms. The Labute approximate surface area is 122 Å². The molecule has 0 saturated heterocycles. The summed E-state index contributed by atoms with van der Waals surface area (Å²) < 4.78 is 31.4. The number of carboxylic acid groups (broad SMARTS) is 1. The van der Waals surface area contributed by atoms with Crippen molar-refractivity contribution in [2.24, 2.45) is 0 Å². The van der Waals surface area contributed by atoms with Crippen molar-refractivity contribution in [3.05, 3.63) is 40.5 Å². The average Bonchev–Trinajstić information content (AvgIpc) is 2.75. The minimum Gasteiger partial charge on any atom is -0.475 e. The maximum atomic E-state index is 12.2. The van der Waals surface area contributed by atoms with Gasteiger partial charge >= 0.3 is 5.97 Å². The highest BCUT2D eigenvalue weighted by atomic mass is 79.9. The molecule has 106 valence electrons. The van der Waals surface area contributed by atoms with E-state index in [1.165, 1.54) is 18.5 Å². The van der Waals surface area contributed by atoms with Gasteiger partial charge in [0.2, 0.25) is 5.76 Å². The van der Waals surface area contributed by atoms with Gasteiger partial charge in [0.1, 0.15) is 4.90 Å². The average molecular weight is 361 g/mol. The lowest BCUT2D eigenvalue weighted by Gasteiger charge is -2.08. The Hall–Kier alpha value is -1.87. The van der Waals surface area contributed by atoms with Gasteiger partial charge in [0.15, 0.2) is 4.67 Å². The quantitative estimate of drug-likeness (QED) is 0.864. The Morgan fingerprint density at radius 1 is 1.50 bits per heavy atom. The number of nitrogens with one attached hydrogen (secondary N) is 1. The van der Waals surface area contributed by atoms with Crippen LogP contribution < -0.4 is 4.72 Å². The first-order valence-electron chi connectivity index (χ1n) is 5.27. The van der Waals surface area contributed by atoms with Gasteiger partial charge in [-0.05, 0) is 34.5 Å². The van der Waals surface area contributed by atoms with E-state index in [-0.39, 0.29) is 9.56 Å². The first-order chi connectivity index (χ1) is 9.31. The van der Waals surface area contributed by atoms with Crippen LogP contribution in [0.3, 0.4) is 0 Å². The lowest BCUT2D eigenvalue weighted by atomic mass is 10.3. The first-order valence-corrected chi connectivity index (χ1v) is 7.55. The molecule has 2 aromatic rings. The van der Waals surface area contributed by atoms with Gasteiger partial charge in [0.25, 0.3) is 10.0 Å². The predicted molar refractivity (Wildman–Crippen MR) is 73.1 cm³/mol. The second-order valence-corrected chi connectivity index (χ2v) is 6.22. The number of anilines is 1. The molecular formula is C11H9BrN2O5S. The molecule has 0 saturated carbocycles. The molecule has 9 heteroatoms. The number of rotatable bonds is 4. The molecule has 7 nitrogen and oxygen atoms in total. The van der Waals surface area contributed by atoms with Crippen LogP contribution in [0, 0.1) is 6.92 Å². The molecule has 0 aliphatic heterocycles. The van der Waals surface area contributed by atoms with E-state index in [4.69, 9.17) is 9.52 Å². The highest BCUT2D eigenvalue weighted by Crippen LogP contribution is 2.28. The van der Waals surface area contributed by atoms with Gasteiger partial charge in [0, 0.05) is 18.5 Å². The van der Waals surface area contributed by atoms with Gasteiger partial charge in [-0.25, -0.2) is 13.2 Å². The summed E-state index contributed by atoms with van der Waals surface area (Å²) in [7, 11) is -3.96. The molecule has 2 rings (SSSR count). The fourth-order valence-electron chi connectivity index (χ4n) is 1.43. The van der Waals surface area contributed by atoms with Crippen LogP contribution in [0.4, 0.5) is 5.69 Å². The van der Waals surface area contributed by atoms with E-state index in [1.54, 1.807) is 6.92 Å². The minimum absolute atomic E-state index is 0.172. The number of hydrogen-bond donors (Lipinski definition) is 2. The van der Waals surface area contributed by atoms with Gasteiger partial charge in [-0.3, -0.25) is 9.71 Å². The van der Waals surface area contributed by atoms with Crippen LogP contribution in [-0.4, -0.2) is 24.5 Å². The van der Waals surface area contributed by atoms with Gasteiger partial charge in [0.05, 0.1) is 5.69 Å². The van der Waals surface area contributed by atoms with Crippen molar-refractivity contribution < 1.29 is 22.7 Å². The molecule has 0 aliphatic rings. The van der Waals surface area contributed by atoms with E-state index in [1.807, 2.05) is 0 Å². The highest BCUT2D eigenvalue weighted by molar-refractivity contribution is 9.10. The topological polar surface area (TPSA) is 110 Å². The molecule has 0 fully saturated rings. The summed E-state index contributed by atoms with van der Waals surface area (Å²) in [6.07, 6.45) is 2.95. The number of pyridine rings is 1. The summed E-state index contributed by atoms with van der Waals surface area (Å²) in [4.78, 5) is 14.3. The second-order valence-electron chi connectivity index (χ2n) is 3.85. The van der Waals surface area contributed by atoms with Crippen molar-refractivity contribution in [2.75, 3.05) is 4.72 Å². The second kappa shape index (κ2) is 5.25. The summed E-state index contributed by atoms with van der Waals surface area (Å²) in [6.45, 7) is 1.69. The van der Waals surface area contributed by atoms with E-state index in [9.17, 15) is 13.2 Å². The molecular weight excluding hydrogens is 352 g/mol. The zero-order valence-electron chi connectivity index (χ0n) is 10.1. The van der Waals surface area contributed by atoms with Crippen LogP contribution >= 0.6 is 15.9 Å². The molecule has 2 N–H and O–H groups in total. The Balaban J connectivity index is 2.41. The van der Waals surface area contributed by atoms with Crippen LogP contribution in [0.1, 0.15) is 16.1 Å². The van der Waals surface area contributed by atoms with Gasteiger partial charge in [-0.15, -0.1) is 0 Å². The molecule has 0 unspecified atom stereocenters. The summed E-state index contributed by atoms with van der Waals surface area (Å²) in [5.74, 6) is -1.82. The molecule has 0 amide bonds. The van der Waals surface area contributed by atoms with Crippen LogP contribution in [-0.2, 0) is 10.0 Å². The Morgan fingerprint density at radius 3 is 2.75 bits per heavy atom. The number of aromatic carboxylic acids is 1.